The zero-order valence-electron chi connectivity index (χ0n) is 23.5. The summed E-state index contributed by atoms with van der Waals surface area (Å²) in [6.07, 6.45) is 12.9. The molecular weight excluding hydrogens is 416 g/mol. The fraction of sp³-hybridized carbons (Fsp3) is 0.938. The molecule has 5 aliphatic rings. The third-order valence-corrected chi connectivity index (χ3v) is 13.8. The Labute approximate surface area is 210 Å². The van der Waals surface area contributed by atoms with Crippen LogP contribution >= 0.6 is 0 Å². The highest BCUT2D eigenvalue weighted by molar-refractivity contribution is 5.21. The van der Waals surface area contributed by atoms with Crippen molar-refractivity contribution in [3.05, 3.63) is 12.2 Å². The van der Waals surface area contributed by atoms with Crippen LogP contribution in [-0.2, 0) is 4.74 Å². The van der Waals surface area contributed by atoms with Crippen molar-refractivity contribution in [3.63, 3.8) is 0 Å². The molecule has 2 nitrogen and oxygen atoms in total. The molecule has 0 radical (unpaired) electrons. The first-order valence-corrected chi connectivity index (χ1v) is 14.8. The lowest BCUT2D eigenvalue weighted by Gasteiger charge is -2.73. The first-order valence-electron chi connectivity index (χ1n) is 14.8. The van der Waals surface area contributed by atoms with Crippen LogP contribution in [0.5, 0.6) is 0 Å². The van der Waals surface area contributed by atoms with Crippen LogP contribution in [0, 0.1) is 56.7 Å². The average molecular weight is 471 g/mol. The van der Waals surface area contributed by atoms with Gasteiger partial charge in [-0.05, 0) is 135 Å². The van der Waals surface area contributed by atoms with Gasteiger partial charge in [0.1, 0.15) is 0 Å². The number of allylic oxidation sites excluding steroid dienone is 1. The molecule has 10 atom stereocenters. The van der Waals surface area contributed by atoms with Crippen molar-refractivity contribution in [1.82, 2.24) is 0 Å². The highest BCUT2D eigenvalue weighted by atomic mass is 16.5. The molecule has 5 saturated carbocycles. The topological polar surface area (TPSA) is 29.5 Å². The lowest BCUT2D eigenvalue weighted by molar-refractivity contribution is -0.250. The second kappa shape index (κ2) is 8.08. The van der Waals surface area contributed by atoms with E-state index in [1.807, 2.05) is 0 Å². The van der Waals surface area contributed by atoms with Crippen LogP contribution in [0.1, 0.15) is 113 Å². The van der Waals surface area contributed by atoms with Gasteiger partial charge in [0.15, 0.2) is 0 Å². The maximum atomic E-state index is 11.0. The van der Waals surface area contributed by atoms with Crippen molar-refractivity contribution >= 4 is 0 Å². The summed E-state index contributed by atoms with van der Waals surface area (Å²) in [5.74, 6) is 3.67. The van der Waals surface area contributed by atoms with Gasteiger partial charge in [-0.1, -0.05) is 46.8 Å². The molecule has 1 unspecified atom stereocenters. The predicted octanol–water partition coefficient (Wildman–Crippen LogP) is 8.04. The number of fused-ring (bicyclic) bond motifs is 7. The fourth-order valence-corrected chi connectivity index (χ4v) is 11.8. The monoisotopic (exact) mass is 470 g/mol. The van der Waals surface area contributed by atoms with Gasteiger partial charge in [0.25, 0.3) is 0 Å². The first kappa shape index (κ1) is 25.3. The van der Waals surface area contributed by atoms with Gasteiger partial charge < -0.3 is 9.84 Å². The van der Waals surface area contributed by atoms with Gasteiger partial charge in [0, 0.05) is 6.61 Å². The van der Waals surface area contributed by atoms with E-state index in [9.17, 15) is 5.11 Å². The molecule has 0 bridgehead atoms. The van der Waals surface area contributed by atoms with Crippen molar-refractivity contribution in [2.24, 2.45) is 56.7 Å². The Kier molecular flexibility index (Phi) is 6.01. The van der Waals surface area contributed by atoms with E-state index >= 15 is 0 Å². The number of hydrogen-bond donors (Lipinski definition) is 1. The lowest BCUT2D eigenvalue weighted by Crippen LogP contribution is -2.66. The number of ether oxygens (including phenoxy) is 1. The highest BCUT2D eigenvalue weighted by Gasteiger charge is 2.70. The molecule has 5 rings (SSSR count). The summed E-state index contributed by atoms with van der Waals surface area (Å²) < 4.78 is 6.22. The van der Waals surface area contributed by atoms with Crippen LogP contribution < -0.4 is 0 Å². The Morgan fingerprint density at radius 2 is 1.59 bits per heavy atom. The Hall–Kier alpha value is -0.340. The molecule has 5 aliphatic carbocycles. The van der Waals surface area contributed by atoms with E-state index in [0.717, 1.165) is 37.4 Å². The van der Waals surface area contributed by atoms with Crippen LogP contribution in [-0.4, -0.2) is 24.4 Å². The Bertz CT molecular complexity index is 816. The van der Waals surface area contributed by atoms with E-state index in [0.29, 0.717) is 33.5 Å². The first-order chi connectivity index (χ1) is 15.9. The second-order valence-electron chi connectivity index (χ2n) is 15.1. The van der Waals surface area contributed by atoms with Crippen LogP contribution in [0.15, 0.2) is 12.2 Å². The lowest BCUT2D eigenvalue weighted by atomic mass is 9.32. The molecule has 0 aromatic heterocycles. The molecule has 0 heterocycles. The van der Waals surface area contributed by atoms with Crippen molar-refractivity contribution in [2.75, 3.05) is 13.2 Å². The summed E-state index contributed by atoms with van der Waals surface area (Å²) in [6.45, 7) is 23.6. The van der Waals surface area contributed by atoms with Gasteiger partial charge in [-0.25, -0.2) is 0 Å². The molecule has 34 heavy (non-hydrogen) atoms. The molecule has 5 fully saturated rings. The van der Waals surface area contributed by atoms with Gasteiger partial charge in [-0.15, -0.1) is 0 Å². The largest absolute Gasteiger partial charge is 0.393 e. The number of hydrogen-bond acceptors (Lipinski definition) is 2. The molecular formula is C32H54O2. The van der Waals surface area contributed by atoms with E-state index in [4.69, 9.17) is 4.74 Å². The van der Waals surface area contributed by atoms with Gasteiger partial charge >= 0.3 is 0 Å². The Balaban J connectivity index is 1.53. The van der Waals surface area contributed by atoms with Crippen molar-refractivity contribution in [1.29, 1.82) is 0 Å². The van der Waals surface area contributed by atoms with Gasteiger partial charge in [-0.2, -0.15) is 0 Å². The summed E-state index contributed by atoms with van der Waals surface area (Å²) in [5, 5.41) is 11.0. The molecule has 2 heteroatoms. The Morgan fingerprint density at radius 3 is 2.26 bits per heavy atom. The normalized spacial score (nSPS) is 53.9. The maximum Gasteiger partial charge on any atom is 0.0594 e. The minimum atomic E-state index is -0.134. The SMILES string of the molecule is C=C(C)C1CC[C@]2(COCC)CC[C@]3(C)[C@H](CC[C@@H]4[C@@]5(C)CC[C@H](O)C(C)(C)[C@@H]5CC[C@]43C)[C@@H]12. The summed E-state index contributed by atoms with van der Waals surface area (Å²) in [7, 11) is 0. The molecule has 1 N–H and O–H groups in total. The Morgan fingerprint density at radius 1 is 0.853 bits per heavy atom. The minimum absolute atomic E-state index is 0.0434. The second-order valence-corrected chi connectivity index (χ2v) is 15.1. The molecule has 0 aromatic rings. The smallest absolute Gasteiger partial charge is 0.0594 e. The average Bonchev–Trinajstić information content (AvgIpc) is 3.16. The van der Waals surface area contributed by atoms with Crippen LogP contribution in [0.2, 0.25) is 0 Å². The molecule has 0 aromatic carbocycles. The van der Waals surface area contributed by atoms with Gasteiger partial charge in [0.2, 0.25) is 0 Å². The predicted molar refractivity (Wildman–Crippen MR) is 141 cm³/mol. The summed E-state index contributed by atoms with van der Waals surface area (Å²) in [5.41, 5.74) is 3.03. The molecule has 0 amide bonds. The number of aliphatic hydroxyl groups excluding tert-OH is 1. The number of aliphatic hydroxyl groups is 1. The van der Waals surface area contributed by atoms with Crippen molar-refractivity contribution < 1.29 is 9.84 Å². The molecule has 194 valence electrons. The van der Waals surface area contributed by atoms with E-state index in [2.05, 4.69) is 55.0 Å². The van der Waals surface area contributed by atoms with E-state index < -0.39 is 0 Å². The van der Waals surface area contributed by atoms with Crippen LogP contribution in [0.25, 0.3) is 0 Å². The van der Waals surface area contributed by atoms with Crippen LogP contribution in [0.3, 0.4) is 0 Å². The van der Waals surface area contributed by atoms with E-state index in [1.54, 1.807) is 0 Å². The fourth-order valence-electron chi connectivity index (χ4n) is 11.8. The summed E-state index contributed by atoms with van der Waals surface area (Å²) in [4.78, 5) is 0. The molecule has 0 aliphatic heterocycles. The third-order valence-electron chi connectivity index (χ3n) is 13.8. The summed E-state index contributed by atoms with van der Waals surface area (Å²) in [6, 6.07) is 0. The maximum absolute atomic E-state index is 11.0. The van der Waals surface area contributed by atoms with E-state index in [-0.39, 0.29) is 11.5 Å². The van der Waals surface area contributed by atoms with Crippen molar-refractivity contribution in [2.45, 2.75) is 119 Å². The van der Waals surface area contributed by atoms with E-state index in [1.165, 1.54) is 63.4 Å². The molecule has 0 saturated heterocycles. The third kappa shape index (κ3) is 3.12. The standard InChI is InChI=1S/C32H54O2/c1-9-34-20-32-17-12-22(21(2)3)27(32)23-10-11-25-29(6)15-14-26(33)28(4,5)24(29)13-16-31(25,8)30(23,7)18-19-32/h22-27,33H,2,9-20H2,1,3-8H3/t22?,23-,24+,25-,26+,27-,29+,30-,31-,32-/m1/s1. The number of rotatable bonds is 4. The zero-order chi connectivity index (χ0) is 24.7. The quantitative estimate of drug-likeness (QED) is 0.421. The highest BCUT2D eigenvalue weighted by Crippen LogP contribution is 2.77. The van der Waals surface area contributed by atoms with Gasteiger partial charge in [-0.3, -0.25) is 0 Å². The van der Waals surface area contributed by atoms with Gasteiger partial charge in [0.05, 0.1) is 12.7 Å². The van der Waals surface area contributed by atoms with Crippen molar-refractivity contribution in [3.8, 4) is 0 Å². The zero-order valence-corrected chi connectivity index (χ0v) is 23.5. The minimum Gasteiger partial charge on any atom is -0.393 e. The molecule has 0 spiro atoms. The summed E-state index contributed by atoms with van der Waals surface area (Å²) >= 11 is 0. The van der Waals surface area contributed by atoms with Crippen LogP contribution in [0.4, 0.5) is 0 Å².